The largest absolute Gasteiger partial charge is 0.323 e. The standard InChI is InChI=1S/C17H20N6O2/c1-3-7-13-14(15(24)23-16(20-13)18-10-19-23)22-17(25)21-12-9-6-5-8-11(12)4-2/h5-6,8-10H,3-4,7H2,1-2H3,(H,18,19,20)(H2,21,22,25). The molecule has 8 nitrogen and oxygen atoms in total. The highest BCUT2D eigenvalue weighted by Gasteiger charge is 2.16. The summed E-state index contributed by atoms with van der Waals surface area (Å²) in [6.07, 6.45) is 3.55. The van der Waals surface area contributed by atoms with Crippen LogP contribution < -0.4 is 16.2 Å². The average molecular weight is 340 g/mol. The maximum Gasteiger partial charge on any atom is 0.323 e. The number of carbonyl (C=O) groups excluding carboxylic acids is 1. The number of para-hydroxylation sites is 1. The molecule has 2 aromatic heterocycles. The van der Waals surface area contributed by atoms with Gasteiger partial charge in [0.1, 0.15) is 12.0 Å². The van der Waals surface area contributed by atoms with E-state index in [4.69, 9.17) is 0 Å². The van der Waals surface area contributed by atoms with Crippen molar-refractivity contribution in [3.8, 4) is 0 Å². The summed E-state index contributed by atoms with van der Waals surface area (Å²) < 4.78 is 1.20. The van der Waals surface area contributed by atoms with Crippen molar-refractivity contribution in [2.24, 2.45) is 0 Å². The number of nitrogens with zero attached hydrogens (tertiary/aromatic N) is 3. The molecule has 0 aliphatic heterocycles. The molecule has 0 saturated carbocycles. The second-order valence-electron chi connectivity index (χ2n) is 5.60. The smallest absolute Gasteiger partial charge is 0.307 e. The molecule has 3 aromatic rings. The van der Waals surface area contributed by atoms with Crippen LogP contribution in [0.25, 0.3) is 5.78 Å². The molecule has 0 aliphatic rings. The Morgan fingerprint density at radius 3 is 2.80 bits per heavy atom. The van der Waals surface area contributed by atoms with Crippen molar-refractivity contribution >= 4 is 23.2 Å². The van der Waals surface area contributed by atoms with Crippen molar-refractivity contribution in [1.29, 1.82) is 0 Å². The van der Waals surface area contributed by atoms with Gasteiger partial charge in [-0.3, -0.25) is 9.89 Å². The zero-order valence-electron chi connectivity index (χ0n) is 14.2. The number of hydrogen-bond acceptors (Lipinski definition) is 4. The van der Waals surface area contributed by atoms with Gasteiger partial charge in [0.05, 0.1) is 5.69 Å². The van der Waals surface area contributed by atoms with E-state index in [1.54, 1.807) is 0 Å². The van der Waals surface area contributed by atoms with Gasteiger partial charge in [-0.25, -0.2) is 14.8 Å². The van der Waals surface area contributed by atoms with Crippen molar-refractivity contribution in [3.05, 3.63) is 52.2 Å². The number of aryl methyl sites for hydroxylation is 2. The Balaban J connectivity index is 1.91. The van der Waals surface area contributed by atoms with Crippen LogP contribution in [0.4, 0.5) is 16.2 Å². The first kappa shape index (κ1) is 16.7. The second kappa shape index (κ2) is 7.16. The number of H-pyrrole nitrogens is 1. The molecular weight excluding hydrogens is 320 g/mol. The SMILES string of the molecule is CCCc1nc2nc[nH]n2c(=O)c1NC(=O)Nc1ccccc1CC. The number of carbonyl (C=O) groups is 1. The molecule has 2 amide bonds. The molecule has 0 atom stereocenters. The fraction of sp³-hybridized carbons (Fsp3) is 0.294. The van der Waals surface area contributed by atoms with Gasteiger partial charge >= 0.3 is 6.03 Å². The molecule has 0 aliphatic carbocycles. The first-order valence-corrected chi connectivity index (χ1v) is 8.25. The summed E-state index contributed by atoms with van der Waals surface area (Å²) in [5, 5.41) is 8.15. The van der Waals surface area contributed by atoms with Crippen LogP contribution in [0.2, 0.25) is 0 Å². The van der Waals surface area contributed by atoms with Crippen molar-refractivity contribution in [2.45, 2.75) is 33.1 Å². The normalized spacial score (nSPS) is 10.8. The average Bonchev–Trinajstić information content (AvgIpc) is 3.07. The molecule has 3 N–H and O–H groups in total. The highest BCUT2D eigenvalue weighted by Crippen LogP contribution is 2.16. The summed E-state index contributed by atoms with van der Waals surface area (Å²) in [4.78, 5) is 33.4. The predicted molar refractivity (Wildman–Crippen MR) is 96.1 cm³/mol. The number of anilines is 2. The molecule has 0 bridgehead atoms. The molecule has 25 heavy (non-hydrogen) atoms. The fourth-order valence-corrected chi connectivity index (χ4v) is 2.66. The summed E-state index contributed by atoms with van der Waals surface area (Å²) in [6.45, 7) is 4.00. The van der Waals surface area contributed by atoms with E-state index in [9.17, 15) is 9.59 Å². The van der Waals surface area contributed by atoms with Crippen LogP contribution in [0.3, 0.4) is 0 Å². The van der Waals surface area contributed by atoms with Crippen LogP contribution in [0.15, 0.2) is 35.4 Å². The first-order valence-electron chi connectivity index (χ1n) is 8.25. The molecule has 0 fully saturated rings. The molecule has 0 spiro atoms. The summed E-state index contributed by atoms with van der Waals surface area (Å²) in [6, 6.07) is 7.07. The van der Waals surface area contributed by atoms with Gasteiger partial charge in [0.15, 0.2) is 0 Å². The Labute approximate surface area is 144 Å². The lowest BCUT2D eigenvalue weighted by Gasteiger charge is -2.12. The maximum atomic E-state index is 12.6. The monoisotopic (exact) mass is 340 g/mol. The third-order valence-corrected chi connectivity index (χ3v) is 3.88. The molecule has 8 heteroatoms. The van der Waals surface area contributed by atoms with E-state index >= 15 is 0 Å². The van der Waals surface area contributed by atoms with Gasteiger partial charge in [-0.05, 0) is 24.5 Å². The molecule has 0 saturated heterocycles. The van der Waals surface area contributed by atoms with Gasteiger partial charge in [-0.1, -0.05) is 38.5 Å². The van der Waals surface area contributed by atoms with Crippen LogP contribution in [-0.2, 0) is 12.8 Å². The zero-order valence-corrected chi connectivity index (χ0v) is 14.2. The van der Waals surface area contributed by atoms with E-state index in [0.717, 1.165) is 24.1 Å². The number of fused-ring (bicyclic) bond motifs is 1. The Morgan fingerprint density at radius 2 is 2.04 bits per heavy atom. The van der Waals surface area contributed by atoms with Gasteiger partial charge in [-0.2, -0.15) is 4.52 Å². The van der Waals surface area contributed by atoms with E-state index in [2.05, 4.69) is 25.7 Å². The number of amides is 2. The minimum Gasteiger partial charge on any atom is -0.307 e. The second-order valence-corrected chi connectivity index (χ2v) is 5.60. The van der Waals surface area contributed by atoms with E-state index in [1.165, 1.54) is 10.8 Å². The maximum absolute atomic E-state index is 12.6. The van der Waals surface area contributed by atoms with Crippen LogP contribution in [0.5, 0.6) is 0 Å². The number of benzene rings is 1. The van der Waals surface area contributed by atoms with Crippen LogP contribution >= 0.6 is 0 Å². The van der Waals surface area contributed by atoms with E-state index in [-0.39, 0.29) is 17.0 Å². The van der Waals surface area contributed by atoms with Crippen molar-refractivity contribution < 1.29 is 4.79 Å². The highest BCUT2D eigenvalue weighted by molar-refractivity contribution is 6.00. The van der Waals surface area contributed by atoms with Gasteiger partial charge in [0, 0.05) is 5.69 Å². The van der Waals surface area contributed by atoms with Crippen molar-refractivity contribution in [3.63, 3.8) is 0 Å². The topological polar surface area (TPSA) is 104 Å². The van der Waals surface area contributed by atoms with Gasteiger partial charge in [0.25, 0.3) is 11.3 Å². The number of aromatic nitrogens is 4. The molecule has 0 radical (unpaired) electrons. The quantitative estimate of drug-likeness (QED) is 0.664. The minimum absolute atomic E-state index is 0.162. The Morgan fingerprint density at radius 1 is 1.24 bits per heavy atom. The van der Waals surface area contributed by atoms with Gasteiger partial charge < -0.3 is 10.6 Å². The van der Waals surface area contributed by atoms with Crippen LogP contribution in [0.1, 0.15) is 31.5 Å². The number of hydrogen-bond donors (Lipinski definition) is 3. The molecule has 130 valence electrons. The lowest BCUT2D eigenvalue weighted by molar-refractivity contribution is 0.262. The number of aromatic amines is 1. The number of nitrogens with one attached hydrogen (secondary N) is 3. The molecule has 1 aromatic carbocycles. The predicted octanol–water partition coefficient (Wildman–Crippen LogP) is 2.58. The van der Waals surface area contributed by atoms with Crippen molar-refractivity contribution in [2.75, 3.05) is 10.6 Å². The summed E-state index contributed by atoms with van der Waals surface area (Å²) in [5.74, 6) is 0.288. The zero-order chi connectivity index (χ0) is 17.8. The Kier molecular flexibility index (Phi) is 4.78. The molecule has 0 unspecified atom stereocenters. The highest BCUT2D eigenvalue weighted by atomic mass is 16.2. The number of rotatable bonds is 5. The third-order valence-electron chi connectivity index (χ3n) is 3.88. The molecule has 3 rings (SSSR count). The van der Waals surface area contributed by atoms with Crippen LogP contribution in [0, 0.1) is 0 Å². The summed E-state index contributed by atoms with van der Waals surface area (Å²) >= 11 is 0. The van der Waals surface area contributed by atoms with Crippen LogP contribution in [-0.4, -0.2) is 25.6 Å². The van der Waals surface area contributed by atoms with Gasteiger partial charge in [0.2, 0.25) is 0 Å². The minimum atomic E-state index is -0.475. The molecule has 2 heterocycles. The fourth-order valence-electron chi connectivity index (χ4n) is 2.66. The lowest BCUT2D eigenvalue weighted by Crippen LogP contribution is -2.29. The van der Waals surface area contributed by atoms with Crippen molar-refractivity contribution in [1.82, 2.24) is 19.6 Å². The van der Waals surface area contributed by atoms with E-state index in [1.807, 2.05) is 38.1 Å². The Hall–Kier alpha value is -3.16. The third kappa shape index (κ3) is 3.37. The molecular formula is C17H20N6O2. The first-order chi connectivity index (χ1) is 12.1. The lowest BCUT2D eigenvalue weighted by atomic mass is 10.1. The van der Waals surface area contributed by atoms with Gasteiger partial charge in [-0.15, -0.1) is 0 Å². The van der Waals surface area contributed by atoms with E-state index in [0.29, 0.717) is 12.1 Å². The number of urea groups is 1. The van der Waals surface area contributed by atoms with E-state index < -0.39 is 6.03 Å². The summed E-state index contributed by atoms with van der Waals surface area (Å²) in [5.41, 5.74) is 2.04. The Bertz CT molecular complexity index is 959. The summed E-state index contributed by atoms with van der Waals surface area (Å²) in [7, 11) is 0.